The predicted molar refractivity (Wildman–Crippen MR) is 113 cm³/mol. The lowest BCUT2D eigenvalue weighted by Crippen LogP contribution is -2.45. The van der Waals surface area contributed by atoms with Crippen molar-refractivity contribution in [2.75, 3.05) is 18.4 Å². The maximum atomic E-state index is 12.8. The minimum atomic E-state index is -0.696. The lowest BCUT2D eigenvalue weighted by molar-refractivity contribution is 0.0935. The highest BCUT2D eigenvalue weighted by Gasteiger charge is 2.22. The van der Waals surface area contributed by atoms with E-state index in [0.717, 1.165) is 42.1 Å². The van der Waals surface area contributed by atoms with Crippen LogP contribution in [0.2, 0.25) is 0 Å². The Labute approximate surface area is 172 Å². The molecule has 0 spiro atoms. The average molecular weight is 411 g/mol. The average Bonchev–Trinajstić information content (AvgIpc) is 3.39. The van der Waals surface area contributed by atoms with Crippen LogP contribution in [0.4, 0.5) is 10.5 Å². The molecule has 0 radical (unpaired) electrons. The summed E-state index contributed by atoms with van der Waals surface area (Å²) in [6.07, 6.45) is 7.29. The molecule has 0 saturated carbocycles. The summed E-state index contributed by atoms with van der Waals surface area (Å²) in [4.78, 5) is 29.6. The third-order valence-corrected chi connectivity index (χ3v) is 5.97. The number of primary amides is 1. The molecule has 0 aliphatic carbocycles. The van der Waals surface area contributed by atoms with Crippen LogP contribution in [0.5, 0.6) is 0 Å². The van der Waals surface area contributed by atoms with Gasteiger partial charge in [0, 0.05) is 35.5 Å². The van der Waals surface area contributed by atoms with Gasteiger partial charge in [0.1, 0.15) is 4.88 Å². The van der Waals surface area contributed by atoms with E-state index in [9.17, 15) is 9.59 Å². The fourth-order valence-corrected chi connectivity index (χ4v) is 4.39. The maximum absolute atomic E-state index is 12.8. The normalized spacial score (nSPS) is 16.3. The summed E-state index contributed by atoms with van der Waals surface area (Å²) in [7, 11) is 0. The van der Waals surface area contributed by atoms with Gasteiger partial charge in [-0.05, 0) is 43.1 Å². The van der Waals surface area contributed by atoms with E-state index in [4.69, 9.17) is 5.73 Å². The predicted octanol–water partition coefficient (Wildman–Crippen LogP) is 2.57. The molecule has 0 unspecified atom stereocenters. The number of urea groups is 1. The van der Waals surface area contributed by atoms with Gasteiger partial charge in [0.25, 0.3) is 5.91 Å². The van der Waals surface area contributed by atoms with E-state index >= 15 is 0 Å². The minimum absolute atomic E-state index is 0.0812. The quantitative estimate of drug-likeness (QED) is 0.518. The Morgan fingerprint density at radius 2 is 2.10 bits per heavy atom. The molecule has 9 heteroatoms. The van der Waals surface area contributed by atoms with Crippen LogP contribution in [-0.2, 0) is 0 Å². The number of carbonyl (C=O) groups is 2. The SMILES string of the molecule is NC(=O)Nc1cc(-c2ccc(-n3ccnc3)cc2)sc1C(=O)N[C@H]1CCCNC1. The summed E-state index contributed by atoms with van der Waals surface area (Å²) in [5.74, 6) is -0.200. The van der Waals surface area contributed by atoms with Gasteiger partial charge >= 0.3 is 6.03 Å². The first-order chi connectivity index (χ1) is 14.1. The van der Waals surface area contributed by atoms with Crippen molar-refractivity contribution in [3.05, 3.63) is 53.9 Å². The van der Waals surface area contributed by atoms with Gasteiger partial charge in [0.2, 0.25) is 0 Å². The highest BCUT2D eigenvalue weighted by Crippen LogP contribution is 2.35. The molecule has 0 bridgehead atoms. The summed E-state index contributed by atoms with van der Waals surface area (Å²) < 4.78 is 1.91. The maximum Gasteiger partial charge on any atom is 0.316 e. The summed E-state index contributed by atoms with van der Waals surface area (Å²) in [5, 5.41) is 8.90. The highest BCUT2D eigenvalue weighted by atomic mass is 32.1. The van der Waals surface area contributed by atoms with E-state index in [1.807, 2.05) is 35.0 Å². The van der Waals surface area contributed by atoms with Crippen molar-refractivity contribution in [2.24, 2.45) is 5.73 Å². The van der Waals surface area contributed by atoms with Crippen LogP contribution in [0.1, 0.15) is 22.5 Å². The summed E-state index contributed by atoms with van der Waals surface area (Å²) in [5.41, 5.74) is 7.67. The molecule has 3 aromatic rings. The van der Waals surface area contributed by atoms with Gasteiger partial charge in [-0.2, -0.15) is 0 Å². The Morgan fingerprint density at radius 1 is 1.28 bits per heavy atom. The third kappa shape index (κ3) is 4.47. The van der Waals surface area contributed by atoms with Crippen molar-refractivity contribution < 1.29 is 9.59 Å². The molecule has 1 atom stereocenters. The van der Waals surface area contributed by atoms with Crippen molar-refractivity contribution in [1.82, 2.24) is 20.2 Å². The lowest BCUT2D eigenvalue weighted by atomic mass is 10.1. The molecule has 1 fully saturated rings. The van der Waals surface area contributed by atoms with Gasteiger partial charge in [0.15, 0.2) is 0 Å². The molecule has 29 heavy (non-hydrogen) atoms. The number of hydrogen-bond acceptors (Lipinski definition) is 5. The van der Waals surface area contributed by atoms with Crippen LogP contribution < -0.4 is 21.7 Å². The second-order valence-corrected chi connectivity index (χ2v) is 7.93. The number of hydrogen-bond donors (Lipinski definition) is 4. The Hall–Kier alpha value is -3.17. The zero-order valence-corrected chi connectivity index (χ0v) is 16.5. The number of aromatic nitrogens is 2. The molecular weight excluding hydrogens is 388 g/mol. The molecule has 8 nitrogen and oxygen atoms in total. The van der Waals surface area contributed by atoms with E-state index in [1.54, 1.807) is 18.6 Å². The van der Waals surface area contributed by atoms with Crippen molar-refractivity contribution in [3.8, 4) is 16.1 Å². The molecule has 5 N–H and O–H groups in total. The van der Waals surface area contributed by atoms with Crippen molar-refractivity contribution in [2.45, 2.75) is 18.9 Å². The van der Waals surface area contributed by atoms with E-state index in [1.165, 1.54) is 11.3 Å². The lowest BCUT2D eigenvalue weighted by Gasteiger charge is -2.23. The number of amides is 3. The zero-order chi connectivity index (χ0) is 20.2. The van der Waals surface area contributed by atoms with Gasteiger partial charge in [-0.1, -0.05) is 12.1 Å². The van der Waals surface area contributed by atoms with E-state index < -0.39 is 6.03 Å². The number of piperidine rings is 1. The summed E-state index contributed by atoms with van der Waals surface area (Å²) in [6, 6.07) is 9.08. The zero-order valence-electron chi connectivity index (χ0n) is 15.7. The standard InChI is InChI=1S/C20H22N6O2S/c21-20(28)25-16-10-17(13-3-5-15(6-4-13)26-9-8-23-12-26)29-18(16)19(27)24-14-2-1-7-22-11-14/h3-6,8-10,12,14,22H,1-2,7,11H2,(H,24,27)(H3,21,25,28)/t14-/m0/s1. The molecule has 1 aromatic carbocycles. The smallest absolute Gasteiger partial charge is 0.316 e. The number of carbonyl (C=O) groups excluding carboxylic acids is 2. The fourth-order valence-electron chi connectivity index (χ4n) is 3.36. The van der Waals surface area contributed by atoms with Gasteiger partial charge in [-0.3, -0.25) is 4.79 Å². The third-order valence-electron chi connectivity index (χ3n) is 4.78. The van der Waals surface area contributed by atoms with Crippen LogP contribution in [-0.4, -0.2) is 40.6 Å². The van der Waals surface area contributed by atoms with Crippen LogP contribution in [0.3, 0.4) is 0 Å². The number of nitrogens with two attached hydrogens (primary N) is 1. The number of rotatable bonds is 5. The van der Waals surface area contributed by atoms with E-state index in [2.05, 4.69) is 20.9 Å². The molecule has 150 valence electrons. The number of nitrogens with zero attached hydrogens (tertiary/aromatic N) is 2. The molecule has 1 aliphatic heterocycles. The Kier molecular flexibility index (Phi) is 5.59. The van der Waals surface area contributed by atoms with Crippen LogP contribution >= 0.6 is 11.3 Å². The van der Waals surface area contributed by atoms with Gasteiger partial charge < -0.3 is 26.3 Å². The summed E-state index contributed by atoms with van der Waals surface area (Å²) >= 11 is 1.33. The summed E-state index contributed by atoms with van der Waals surface area (Å²) in [6.45, 7) is 1.72. The first-order valence-corrected chi connectivity index (χ1v) is 10.2. The van der Waals surface area contributed by atoms with Gasteiger partial charge in [0.05, 0.1) is 12.0 Å². The molecule has 1 aliphatic rings. The molecule has 3 amide bonds. The van der Waals surface area contributed by atoms with E-state index in [-0.39, 0.29) is 11.9 Å². The largest absolute Gasteiger partial charge is 0.351 e. The van der Waals surface area contributed by atoms with Crippen molar-refractivity contribution >= 4 is 29.0 Å². The number of imidazole rings is 1. The second kappa shape index (κ2) is 8.46. The molecule has 1 saturated heterocycles. The Morgan fingerprint density at radius 3 is 2.76 bits per heavy atom. The monoisotopic (exact) mass is 410 g/mol. The highest BCUT2D eigenvalue weighted by molar-refractivity contribution is 7.18. The first kappa shape index (κ1) is 19.2. The van der Waals surface area contributed by atoms with Gasteiger partial charge in [-0.15, -0.1) is 11.3 Å². The van der Waals surface area contributed by atoms with Crippen molar-refractivity contribution in [1.29, 1.82) is 0 Å². The second-order valence-electron chi connectivity index (χ2n) is 6.88. The number of benzene rings is 1. The molecule has 3 heterocycles. The fraction of sp³-hybridized carbons (Fsp3) is 0.250. The van der Waals surface area contributed by atoms with Crippen molar-refractivity contribution in [3.63, 3.8) is 0 Å². The topological polar surface area (TPSA) is 114 Å². The first-order valence-electron chi connectivity index (χ1n) is 9.41. The Bertz CT molecular complexity index is 991. The molecule has 4 rings (SSSR count). The van der Waals surface area contributed by atoms with Crippen LogP contribution in [0.25, 0.3) is 16.1 Å². The van der Waals surface area contributed by atoms with E-state index in [0.29, 0.717) is 10.6 Å². The molecule has 2 aromatic heterocycles. The minimum Gasteiger partial charge on any atom is -0.351 e. The molecular formula is C20H22N6O2S. The van der Waals surface area contributed by atoms with Crippen LogP contribution in [0, 0.1) is 0 Å². The number of nitrogens with one attached hydrogen (secondary N) is 3. The Balaban J connectivity index is 1.59. The number of anilines is 1. The van der Waals surface area contributed by atoms with Gasteiger partial charge in [-0.25, -0.2) is 9.78 Å². The van der Waals surface area contributed by atoms with Crippen LogP contribution in [0.15, 0.2) is 49.1 Å². The number of thiophene rings is 1.